The molecular weight excluding hydrogens is 495 g/mol. The Morgan fingerprint density at radius 3 is 2.67 bits per heavy atom. The minimum absolute atomic E-state index is 0. The maximum atomic E-state index is 6.15. The summed E-state index contributed by atoms with van der Waals surface area (Å²) in [6.45, 7) is 4.36. The number of aliphatic imine (C=N–C) groups is 1. The molecule has 0 aliphatic carbocycles. The molecule has 172 valence electrons. The summed E-state index contributed by atoms with van der Waals surface area (Å²) in [4.78, 5) is 9.07. The molecule has 8 nitrogen and oxygen atoms in total. The third kappa shape index (κ3) is 7.35. The van der Waals surface area contributed by atoms with Gasteiger partial charge in [-0.2, -0.15) is 5.10 Å². The van der Waals surface area contributed by atoms with Gasteiger partial charge >= 0.3 is 0 Å². The molecule has 1 aromatic heterocycles. The zero-order chi connectivity index (χ0) is 20.6. The van der Waals surface area contributed by atoms with Gasteiger partial charge in [0.15, 0.2) is 5.96 Å². The fourth-order valence-electron chi connectivity index (χ4n) is 4.15. The molecule has 0 spiro atoms. The van der Waals surface area contributed by atoms with E-state index in [-0.39, 0.29) is 30.0 Å². The summed E-state index contributed by atoms with van der Waals surface area (Å²) in [5.74, 6) is 0.967. The number of likely N-dealkylation sites (tertiary alicyclic amines) is 1. The number of aromatic nitrogens is 2. The quantitative estimate of drug-likeness (QED) is 0.329. The van der Waals surface area contributed by atoms with Crippen LogP contribution in [0.1, 0.15) is 43.7 Å². The highest BCUT2D eigenvalue weighted by Crippen LogP contribution is 2.19. The molecule has 1 N–H and O–H groups in total. The largest absolute Gasteiger partial charge is 0.376 e. The first-order valence-corrected chi connectivity index (χ1v) is 10.9. The van der Waals surface area contributed by atoms with Crippen molar-refractivity contribution < 1.29 is 9.47 Å². The average molecular weight is 534 g/mol. The van der Waals surface area contributed by atoms with Gasteiger partial charge in [-0.15, -0.1) is 24.0 Å². The molecule has 2 aliphatic heterocycles. The highest BCUT2D eigenvalue weighted by Gasteiger charge is 2.24. The van der Waals surface area contributed by atoms with Crippen LogP contribution in [0.15, 0.2) is 17.4 Å². The zero-order valence-corrected chi connectivity index (χ0v) is 21.2. The van der Waals surface area contributed by atoms with Crippen molar-refractivity contribution in [3.05, 3.63) is 18.0 Å². The van der Waals surface area contributed by atoms with Crippen LogP contribution in [0.4, 0.5) is 0 Å². The summed E-state index contributed by atoms with van der Waals surface area (Å²) in [7, 11) is 8.01. The van der Waals surface area contributed by atoms with Crippen LogP contribution in [0.2, 0.25) is 0 Å². The number of ether oxygens (including phenoxy) is 2. The highest BCUT2D eigenvalue weighted by molar-refractivity contribution is 14.0. The molecule has 2 unspecified atom stereocenters. The van der Waals surface area contributed by atoms with Crippen molar-refractivity contribution in [3.63, 3.8) is 0 Å². The van der Waals surface area contributed by atoms with Gasteiger partial charge < -0.3 is 24.6 Å². The number of piperidine rings is 1. The van der Waals surface area contributed by atoms with Gasteiger partial charge in [0.25, 0.3) is 0 Å². The van der Waals surface area contributed by atoms with Crippen molar-refractivity contribution >= 4 is 29.9 Å². The number of aryl methyl sites for hydroxylation is 1. The second-order valence-electron chi connectivity index (χ2n) is 8.36. The van der Waals surface area contributed by atoms with Gasteiger partial charge in [-0.25, -0.2) is 0 Å². The molecule has 2 fully saturated rings. The smallest absolute Gasteiger partial charge is 0.193 e. The summed E-state index contributed by atoms with van der Waals surface area (Å²) >= 11 is 0. The first-order valence-electron chi connectivity index (χ1n) is 10.9. The van der Waals surface area contributed by atoms with Gasteiger partial charge in [0.1, 0.15) is 0 Å². The van der Waals surface area contributed by atoms with Crippen molar-refractivity contribution in [2.24, 2.45) is 12.0 Å². The highest BCUT2D eigenvalue weighted by atomic mass is 127. The van der Waals surface area contributed by atoms with E-state index in [9.17, 15) is 0 Å². The minimum atomic E-state index is 0. The maximum Gasteiger partial charge on any atom is 0.193 e. The molecule has 0 saturated carbocycles. The maximum absolute atomic E-state index is 6.15. The van der Waals surface area contributed by atoms with E-state index < -0.39 is 0 Å². The third-order valence-corrected chi connectivity index (χ3v) is 5.93. The first-order chi connectivity index (χ1) is 14.1. The van der Waals surface area contributed by atoms with E-state index in [4.69, 9.17) is 9.47 Å². The average Bonchev–Trinajstić information content (AvgIpc) is 3.16. The summed E-state index contributed by atoms with van der Waals surface area (Å²) in [6.07, 6.45) is 10.3. The number of hydrogen-bond acceptors (Lipinski definition) is 5. The monoisotopic (exact) mass is 534 g/mol. The fraction of sp³-hybridized carbons (Fsp3) is 0.810. The van der Waals surface area contributed by atoms with Crippen LogP contribution < -0.4 is 5.32 Å². The second kappa shape index (κ2) is 12.8. The number of halogens is 1. The summed E-state index contributed by atoms with van der Waals surface area (Å²) in [6, 6.07) is 0.247. The molecule has 0 bridgehead atoms. The molecule has 3 rings (SSSR count). The van der Waals surface area contributed by atoms with Gasteiger partial charge in [0.2, 0.25) is 0 Å². The van der Waals surface area contributed by atoms with E-state index >= 15 is 0 Å². The molecule has 0 amide bonds. The van der Waals surface area contributed by atoms with Crippen molar-refractivity contribution in [1.82, 2.24) is 24.9 Å². The van der Waals surface area contributed by atoms with Crippen LogP contribution >= 0.6 is 24.0 Å². The van der Waals surface area contributed by atoms with Gasteiger partial charge in [0.05, 0.1) is 31.1 Å². The Bertz CT molecular complexity index is 639. The third-order valence-electron chi connectivity index (χ3n) is 5.93. The predicted octanol–water partition coefficient (Wildman–Crippen LogP) is 2.27. The number of hydrogen-bond donors (Lipinski definition) is 1. The van der Waals surface area contributed by atoms with E-state index in [1.807, 2.05) is 25.0 Å². The second-order valence-corrected chi connectivity index (χ2v) is 8.36. The molecule has 2 saturated heterocycles. The molecule has 9 heteroatoms. The molecule has 0 aromatic carbocycles. The Morgan fingerprint density at radius 1 is 1.33 bits per heavy atom. The van der Waals surface area contributed by atoms with E-state index in [1.54, 1.807) is 0 Å². The summed E-state index contributed by atoms with van der Waals surface area (Å²) in [5, 5.41) is 7.88. The normalized spacial score (nSPS) is 22.1. The van der Waals surface area contributed by atoms with E-state index in [2.05, 4.69) is 45.5 Å². The van der Waals surface area contributed by atoms with Crippen LogP contribution in [0.25, 0.3) is 0 Å². The van der Waals surface area contributed by atoms with Crippen molar-refractivity contribution in [2.75, 3.05) is 54.0 Å². The topological polar surface area (TPSA) is 67.2 Å². The van der Waals surface area contributed by atoms with Crippen LogP contribution in [0.3, 0.4) is 0 Å². The molecule has 1 aromatic rings. The molecule has 2 atom stereocenters. The van der Waals surface area contributed by atoms with Crippen LogP contribution in [-0.2, 0) is 16.5 Å². The lowest BCUT2D eigenvalue weighted by Gasteiger charge is -2.35. The van der Waals surface area contributed by atoms with E-state index in [0.717, 1.165) is 58.1 Å². The Labute approximate surface area is 198 Å². The predicted molar refractivity (Wildman–Crippen MR) is 131 cm³/mol. The fourth-order valence-corrected chi connectivity index (χ4v) is 4.15. The van der Waals surface area contributed by atoms with Crippen LogP contribution in [0.5, 0.6) is 0 Å². The Balaban J connectivity index is 0.00000320. The Morgan fingerprint density at radius 2 is 2.10 bits per heavy atom. The lowest BCUT2D eigenvalue weighted by molar-refractivity contribution is -0.0721. The van der Waals surface area contributed by atoms with Gasteiger partial charge in [-0.3, -0.25) is 9.67 Å². The number of guanidine groups is 1. The number of rotatable bonds is 7. The summed E-state index contributed by atoms with van der Waals surface area (Å²) < 4.78 is 13.8. The number of likely N-dealkylation sites (N-methyl/N-ethyl adjacent to an activating group) is 1. The number of nitrogens with one attached hydrogen (secondary N) is 1. The summed E-state index contributed by atoms with van der Waals surface area (Å²) in [5.41, 5.74) is 1.21. The zero-order valence-electron chi connectivity index (χ0n) is 18.9. The molecular formula is C21H39IN6O2. The lowest BCUT2D eigenvalue weighted by atomic mass is 10.1. The van der Waals surface area contributed by atoms with Gasteiger partial charge in [0, 0.05) is 52.1 Å². The first kappa shape index (κ1) is 25.4. The van der Waals surface area contributed by atoms with E-state index in [0.29, 0.717) is 12.2 Å². The van der Waals surface area contributed by atoms with Crippen LogP contribution in [-0.4, -0.2) is 91.7 Å². The number of nitrogens with zero attached hydrogens (tertiary/aromatic N) is 5. The SMILES string of the molecule is CN=C(NCC(c1cnn(C)c1)N(C)C)N1CCC(OCC2CCCCO2)CC1.I. The molecule has 30 heavy (non-hydrogen) atoms. The minimum Gasteiger partial charge on any atom is -0.376 e. The van der Waals surface area contributed by atoms with Crippen molar-refractivity contribution in [2.45, 2.75) is 50.4 Å². The molecule has 3 heterocycles. The van der Waals surface area contributed by atoms with E-state index in [1.165, 1.54) is 18.4 Å². The Kier molecular flexibility index (Phi) is 10.8. The van der Waals surface area contributed by atoms with Crippen LogP contribution in [0, 0.1) is 0 Å². The van der Waals surface area contributed by atoms with Crippen molar-refractivity contribution in [3.8, 4) is 0 Å². The van der Waals surface area contributed by atoms with Gasteiger partial charge in [-0.1, -0.05) is 0 Å². The Hall–Kier alpha value is -0.910. The standard InChI is InChI=1S/C21H38N6O2.HI/c1-22-21(23-14-20(25(2)3)17-13-24-26(4)15-17)27-10-8-18(9-11-27)29-16-19-7-5-6-12-28-19;/h13,15,18-20H,5-12,14,16H2,1-4H3,(H,22,23);1H. The van der Waals surface area contributed by atoms with Crippen molar-refractivity contribution in [1.29, 1.82) is 0 Å². The molecule has 2 aliphatic rings. The lowest BCUT2D eigenvalue weighted by Crippen LogP contribution is -2.48. The molecule has 0 radical (unpaired) electrons. The van der Waals surface area contributed by atoms with Gasteiger partial charge in [-0.05, 0) is 46.2 Å².